The summed E-state index contributed by atoms with van der Waals surface area (Å²) in [5, 5.41) is 8.77. The Morgan fingerprint density at radius 3 is 2.81 bits per heavy atom. The van der Waals surface area contributed by atoms with E-state index in [1.165, 1.54) is 4.90 Å². The monoisotopic (exact) mass is 442 g/mol. The fourth-order valence-corrected chi connectivity index (χ4v) is 5.90. The molecule has 10 heteroatoms. The van der Waals surface area contributed by atoms with Crippen LogP contribution >= 0.6 is 0 Å². The molecule has 3 heterocycles. The first-order valence-electron chi connectivity index (χ1n) is 10.4. The first kappa shape index (κ1) is 21.4. The number of fused-ring (bicyclic) bond motifs is 1. The van der Waals surface area contributed by atoms with Gasteiger partial charge in [0, 0.05) is 44.8 Å². The average molecular weight is 443 g/mol. The summed E-state index contributed by atoms with van der Waals surface area (Å²) >= 11 is 0. The molecular weight excluding hydrogens is 416 g/mol. The van der Waals surface area contributed by atoms with Crippen molar-refractivity contribution in [2.45, 2.75) is 43.2 Å². The molecule has 0 saturated carbocycles. The quantitative estimate of drug-likeness (QED) is 0.580. The molecular formula is C21H26N6O3S. The number of sulfonamides is 1. The molecule has 0 N–H and O–H groups in total. The molecule has 1 fully saturated rings. The molecule has 1 aliphatic heterocycles. The number of amides is 1. The van der Waals surface area contributed by atoms with Gasteiger partial charge in [0.05, 0.1) is 11.7 Å². The van der Waals surface area contributed by atoms with E-state index in [0.717, 1.165) is 24.6 Å². The Balaban J connectivity index is 1.55. The Bertz CT molecular complexity index is 1190. The van der Waals surface area contributed by atoms with Crippen LogP contribution in [0.4, 0.5) is 0 Å². The van der Waals surface area contributed by atoms with Crippen LogP contribution in [0.25, 0.3) is 10.9 Å². The van der Waals surface area contributed by atoms with Crippen LogP contribution in [0.2, 0.25) is 0 Å². The van der Waals surface area contributed by atoms with Crippen molar-refractivity contribution in [1.29, 1.82) is 0 Å². The smallest absolute Gasteiger partial charge is 0.275 e. The van der Waals surface area contributed by atoms with Gasteiger partial charge < -0.3 is 4.90 Å². The number of hydrogen-bond acceptors (Lipinski definition) is 6. The second-order valence-electron chi connectivity index (χ2n) is 7.95. The third-order valence-electron chi connectivity index (χ3n) is 5.61. The van der Waals surface area contributed by atoms with Gasteiger partial charge in [-0.25, -0.2) is 8.42 Å². The van der Waals surface area contributed by atoms with E-state index in [9.17, 15) is 13.2 Å². The molecule has 0 spiro atoms. The van der Waals surface area contributed by atoms with Gasteiger partial charge in [0.15, 0.2) is 5.69 Å². The third kappa shape index (κ3) is 4.31. The number of carbonyl (C=O) groups is 1. The molecule has 1 aliphatic rings. The van der Waals surface area contributed by atoms with Gasteiger partial charge in [0.1, 0.15) is 4.90 Å². The fourth-order valence-electron chi connectivity index (χ4n) is 4.01. The van der Waals surface area contributed by atoms with Crippen molar-refractivity contribution in [3.05, 3.63) is 48.4 Å². The minimum absolute atomic E-state index is 0.144. The second-order valence-corrected chi connectivity index (χ2v) is 9.81. The summed E-state index contributed by atoms with van der Waals surface area (Å²) in [6.45, 7) is 0.968. The highest BCUT2D eigenvalue weighted by Crippen LogP contribution is 2.30. The van der Waals surface area contributed by atoms with E-state index in [1.54, 1.807) is 53.7 Å². The highest BCUT2D eigenvalue weighted by molar-refractivity contribution is 7.89. The van der Waals surface area contributed by atoms with Crippen molar-refractivity contribution < 1.29 is 13.2 Å². The molecule has 3 aromatic rings. The Labute approximate surface area is 181 Å². The largest absolute Gasteiger partial charge is 0.343 e. The molecule has 1 aromatic carbocycles. The molecule has 31 heavy (non-hydrogen) atoms. The first-order chi connectivity index (χ1) is 14.9. The number of nitrogens with zero attached hydrogens (tertiary/aromatic N) is 6. The summed E-state index contributed by atoms with van der Waals surface area (Å²) in [5.41, 5.74) is 0.775. The lowest BCUT2D eigenvalue weighted by Crippen LogP contribution is -2.44. The highest BCUT2D eigenvalue weighted by Gasteiger charge is 2.34. The number of aromatic nitrogens is 4. The molecule has 1 amide bonds. The molecule has 9 nitrogen and oxygen atoms in total. The van der Waals surface area contributed by atoms with Gasteiger partial charge in [0.25, 0.3) is 5.91 Å². The molecule has 0 radical (unpaired) electrons. The minimum Gasteiger partial charge on any atom is -0.343 e. The van der Waals surface area contributed by atoms with Crippen LogP contribution in [0, 0.1) is 0 Å². The predicted octanol–water partition coefficient (Wildman–Crippen LogP) is 2.16. The van der Waals surface area contributed by atoms with Gasteiger partial charge >= 0.3 is 0 Å². The van der Waals surface area contributed by atoms with Crippen molar-refractivity contribution >= 4 is 26.8 Å². The number of carbonyl (C=O) groups excluding carboxylic acids is 1. The van der Waals surface area contributed by atoms with E-state index in [-0.39, 0.29) is 22.5 Å². The molecule has 1 unspecified atom stereocenters. The topological polar surface area (TPSA) is 101 Å². The molecule has 0 aliphatic carbocycles. The molecule has 164 valence electrons. The number of benzene rings is 1. The Morgan fingerprint density at radius 2 is 2.00 bits per heavy atom. The van der Waals surface area contributed by atoms with E-state index < -0.39 is 10.0 Å². The van der Waals surface area contributed by atoms with E-state index in [0.29, 0.717) is 25.0 Å². The zero-order valence-corrected chi connectivity index (χ0v) is 18.5. The second kappa shape index (κ2) is 8.72. The van der Waals surface area contributed by atoms with Crippen LogP contribution in [0.3, 0.4) is 0 Å². The third-order valence-corrected chi connectivity index (χ3v) is 7.59. The van der Waals surface area contributed by atoms with E-state index in [1.807, 2.05) is 12.1 Å². The Kier molecular flexibility index (Phi) is 6.01. The summed E-state index contributed by atoms with van der Waals surface area (Å²) in [6.07, 6.45) is 6.42. The van der Waals surface area contributed by atoms with Crippen molar-refractivity contribution in [2.24, 2.45) is 0 Å². The van der Waals surface area contributed by atoms with Gasteiger partial charge in [-0.1, -0.05) is 29.8 Å². The maximum atomic E-state index is 13.6. The Hall–Kier alpha value is -2.85. The van der Waals surface area contributed by atoms with Crippen LogP contribution in [0.1, 0.15) is 36.2 Å². The maximum Gasteiger partial charge on any atom is 0.275 e. The first-order valence-corrected chi connectivity index (χ1v) is 11.8. The van der Waals surface area contributed by atoms with Crippen LogP contribution in [-0.4, -0.2) is 70.2 Å². The van der Waals surface area contributed by atoms with E-state index in [4.69, 9.17) is 0 Å². The summed E-state index contributed by atoms with van der Waals surface area (Å²) in [4.78, 5) is 18.1. The van der Waals surface area contributed by atoms with Crippen molar-refractivity contribution in [3.63, 3.8) is 0 Å². The summed E-state index contributed by atoms with van der Waals surface area (Å²) < 4.78 is 30.4. The minimum atomic E-state index is -3.70. The number of pyridine rings is 1. The number of para-hydroxylation sites is 1. The summed E-state index contributed by atoms with van der Waals surface area (Å²) in [5.74, 6) is -0.212. The summed E-state index contributed by atoms with van der Waals surface area (Å²) in [7, 11) is -0.375. The van der Waals surface area contributed by atoms with Gasteiger partial charge in [0.2, 0.25) is 10.0 Å². The number of hydrogen-bond donors (Lipinski definition) is 0. The van der Waals surface area contributed by atoms with Crippen molar-refractivity contribution in [3.8, 4) is 0 Å². The Morgan fingerprint density at radius 1 is 1.19 bits per heavy atom. The average Bonchev–Trinajstić information content (AvgIpc) is 3.25. The molecule has 0 bridgehead atoms. The zero-order valence-electron chi connectivity index (χ0n) is 17.7. The number of rotatable bonds is 6. The molecule has 1 atom stereocenters. The standard InChI is InChI=1S/C21H26N6O3S/c1-25(2)21(28)18-15-26(24-23-18)14-11-17-9-3-4-13-27(17)31(29,30)19-10-5-7-16-8-6-12-22-20(16)19/h5-8,10,12,15,17H,3-4,9,11,13-14H2,1-2H3. The lowest BCUT2D eigenvalue weighted by atomic mass is 10.0. The lowest BCUT2D eigenvalue weighted by Gasteiger charge is -2.34. The molecule has 4 rings (SSSR count). The van der Waals surface area contributed by atoms with Crippen LogP contribution in [0.5, 0.6) is 0 Å². The fraction of sp³-hybridized carbons (Fsp3) is 0.429. The van der Waals surface area contributed by atoms with Gasteiger partial charge in [-0.2, -0.15) is 4.31 Å². The van der Waals surface area contributed by atoms with Crippen molar-refractivity contribution in [1.82, 2.24) is 29.2 Å². The van der Waals surface area contributed by atoms with Crippen molar-refractivity contribution in [2.75, 3.05) is 20.6 Å². The normalized spacial score (nSPS) is 17.7. The number of aryl methyl sites for hydroxylation is 1. The maximum absolute atomic E-state index is 13.6. The predicted molar refractivity (Wildman–Crippen MR) is 116 cm³/mol. The van der Waals surface area contributed by atoms with E-state index in [2.05, 4.69) is 15.3 Å². The highest BCUT2D eigenvalue weighted by atomic mass is 32.2. The van der Waals surface area contributed by atoms with Crippen LogP contribution < -0.4 is 0 Å². The van der Waals surface area contributed by atoms with Gasteiger partial charge in [-0.05, 0) is 31.4 Å². The zero-order chi connectivity index (χ0) is 22.0. The van der Waals surface area contributed by atoms with Gasteiger partial charge in [-0.15, -0.1) is 5.10 Å². The van der Waals surface area contributed by atoms with Crippen LogP contribution in [-0.2, 0) is 16.6 Å². The lowest BCUT2D eigenvalue weighted by molar-refractivity contribution is 0.0822. The molecule has 1 saturated heterocycles. The van der Waals surface area contributed by atoms with E-state index >= 15 is 0 Å². The SMILES string of the molecule is CN(C)C(=O)c1cn(CCC2CCCCN2S(=O)(=O)c2cccc3cccnc23)nn1. The van der Waals surface area contributed by atoms with Crippen LogP contribution in [0.15, 0.2) is 47.6 Å². The number of piperidine rings is 1. The van der Waals surface area contributed by atoms with Gasteiger partial charge in [-0.3, -0.25) is 14.5 Å². The molecule has 2 aromatic heterocycles. The summed E-state index contributed by atoms with van der Waals surface area (Å²) in [6, 6.07) is 8.78.